The standard InChI is InChI=1S/C11H14O2/c1-9-4-3-5-10(6-9)7-11(8-12)13-2/h3-6,8,11H,7H2,1-2H3. The Morgan fingerprint density at radius 3 is 2.85 bits per heavy atom. The van der Waals surface area contributed by atoms with Crippen molar-refractivity contribution in [3.05, 3.63) is 35.4 Å². The lowest BCUT2D eigenvalue weighted by atomic mass is 10.1. The third kappa shape index (κ3) is 2.99. The maximum absolute atomic E-state index is 10.5. The van der Waals surface area contributed by atoms with E-state index in [0.29, 0.717) is 6.42 Å². The second kappa shape index (κ2) is 4.77. The Labute approximate surface area is 78.5 Å². The first-order chi connectivity index (χ1) is 6.26. The van der Waals surface area contributed by atoms with Crippen LogP contribution in [0.25, 0.3) is 0 Å². The monoisotopic (exact) mass is 178 g/mol. The Hall–Kier alpha value is -1.15. The lowest BCUT2D eigenvalue weighted by Gasteiger charge is -2.08. The highest BCUT2D eigenvalue weighted by Gasteiger charge is 2.05. The van der Waals surface area contributed by atoms with Crippen molar-refractivity contribution in [3.63, 3.8) is 0 Å². The van der Waals surface area contributed by atoms with Gasteiger partial charge in [0.1, 0.15) is 12.4 Å². The van der Waals surface area contributed by atoms with Crippen LogP contribution in [-0.4, -0.2) is 19.5 Å². The summed E-state index contributed by atoms with van der Waals surface area (Å²) in [6.07, 6.45) is 1.17. The molecule has 0 saturated heterocycles. The van der Waals surface area contributed by atoms with Crippen molar-refractivity contribution in [1.29, 1.82) is 0 Å². The number of aryl methyl sites for hydroxylation is 1. The van der Waals surface area contributed by atoms with Crippen LogP contribution in [0.2, 0.25) is 0 Å². The molecule has 0 radical (unpaired) electrons. The van der Waals surface area contributed by atoms with E-state index in [1.54, 1.807) is 7.11 Å². The molecule has 0 aliphatic rings. The van der Waals surface area contributed by atoms with Crippen LogP contribution in [0.1, 0.15) is 11.1 Å². The molecular weight excluding hydrogens is 164 g/mol. The topological polar surface area (TPSA) is 26.3 Å². The minimum atomic E-state index is -0.318. The van der Waals surface area contributed by atoms with Crippen molar-refractivity contribution in [2.75, 3.05) is 7.11 Å². The van der Waals surface area contributed by atoms with Gasteiger partial charge >= 0.3 is 0 Å². The van der Waals surface area contributed by atoms with Crippen molar-refractivity contribution in [2.24, 2.45) is 0 Å². The summed E-state index contributed by atoms with van der Waals surface area (Å²) in [5, 5.41) is 0. The highest BCUT2D eigenvalue weighted by atomic mass is 16.5. The highest BCUT2D eigenvalue weighted by Crippen LogP contribution is 2.07. The highest BCUT2D eigenvalue weighted by molar-refractivity contribution is 5.56. The molecule has 0 spiro atoms. The second-order valence-electron chi connectivity index (χ2n) is 3.10. The van der Waals surface area contributed by atoms with Gasteiger partial charge in [0.2, 0.25) is 0 Å². The van der Waals surface area contributed by atoms with Gasteiger partial charge in [0.25, 0.3) is 0 Å². The van der Waals surface area contributed by atoms with Gasteiger partial charge < -0.3 is 9.53 Å². The first kappa shape index (κ1) is 9.93. The Morgan fingerprint density at radius 2 is 2.31 bits per heavy atom. The molecule has 1 unspecified atom stereocenters. The molecule has 0 N–H and O–H groups in total. The quantitative estimate of drug-likeness (QED) is 0.656. The van der Waals surface area contributed by atoms with Crippen LogP contribution in [0.4, 0.5) is 0 Å². The molecule has 13 heavy (non-hydrogen) atoms. The molecule has 0 fully saturated rings. The van der Waals surface area contributed by atoms with Crippen LogP contribution >= 0.6 is 0 Å². The molecule has 0 aliphatic heterocycles. The second-order valence-corrected chi connectivity index (χ2v) is 3.10. The summed E-state index contributed by atoms with van der Waals surface area (Å²) in [5.74, 6) is 0. The summed E-state index contributed by atoms with van der Waals surface area (Å²) in [6, 6.07) is 8.09. The van der Waals surface area contributed by atoms with E-state index in [0.717, 1.165) is 11.8 Å². The van der Waals surface area contributed by atoms with E-state index in [4.69, 9.17) is 4.74 Å². The van der Waals surface area contributed by atoms with Gasteiger partial charge in [0.05, 0.1) is 0 Å². The first-order valence-electron chi connectivity index (χ1n) is 4.30. The van der Waals surface area contributed by atoms with E-state index in [1.807, 2.05) is 25.1 Å². The van der Waals surface area contributed by atoms with Crippen molar-refractivity contribution >= 4 is 6.29 Å². The van der Waals surface area contributed by atoms with Crippen LogP contribution in [0.5, 0.6) is 0 Å². The molecule has 0 saturated carbocycles. The summed E-state index contributed by atoms with van der Waals surface area (Å²) in [7, 11) is 1.55. The Bertz CT molecular complexity index is 281. The summed E-state index contributed by atoms with van der Waals surface area (Å²) < 4.78 is 4.98. The van der Waals surface area contributed by atoms with Gasteiger partial charge in [-0.3, -0.25) is 0 Å². The number of aldehydes is 1. The number of hydrogen-bond donors (Lipinski definition) is 0. The van der Waals surface area contributed by atoms with Gasteiger partial charge in [0.15, 0.2) is 0 Å². The van der Waals surface area contributed by atoms with E-state index in [1.165, 1.54) is 5.56 Å². The maximum atomic E-state index is 10.5. The molecule has 0 heterocycles. The molecule has 1 rings (SSSR count). The lowest BCUT2D eigenvalue weighted by molar-refractivity contribution is -0.116. The summed E-state index contributed by atoms with van der Waals surface area (Å²) in [4.78, 5) is 10.5. The number of carbonyl (C=O) groups is 1. The molecule has 70 valence electrons. The van der Waals surface area contributed by atoms with Crippen LogP contribution in [0.3, 0.4) is 0 Å². The smallest absolute Gasteiger partial charge is 0.149 e. The van der Waals surface area contributed by atoms with Gasteiger partial charge in [-0.25, -0.2) is 0 Å². The normalized spacial score (nSPS) is 12.5. The molecule has 1 atom stereocenters. The third-order valence-corrected chi connectivity index (χ3v) is 1.97. The van der Waals surface area contributed by atoms with E-state index in [2.05, 4.69) is 6.07 Å². The van der Waals surface area contributed by atoms with Crippen molar-refractivity contribution in [3.8, 4) is 0 Å². The minimum Gasteiger partial charge on any atom is -0.374 e. The SMILES string of the molecule is COC(C=O)Cc1cccc(C)c1. The maximum Gasteiger partial charge on any atom is 0.149 e. The van der Waals surface area contributed by atoms with Gasteiger partial charge in [0, 0.05) is 13.5 Å². The van der Waals surface area contributed by atoms with Gasteiger partial charge in [-0.15, -0.1) is 0 Å². The fourth-order valence-electron chi connectivity index (χ4n) is 1.26. The number of ether oxygens (including phenoxy) is 1. The van der Waals surface area contributed by atoms with E-state index < -0.39 is 0 Å². The largest absolute Gasteiger partial charge is 0.374 e. The lowest BCUT2D eigenvalue weighted by Crippen LogP contribution is -2.15. The first-order valence-corrected chi connectivity index (χ1v) is 4.30. The van der Waals surface area contributed by atoms with Gasteiger partial charge in [-0.05, 0) is 12.5 Å². The number of carbonyl (C=O) groups excluding carboxylic acids is 1. The van der Waals surface area contributed by atoms with Gasteiger partial charge in [-0.2, -0.15) is 0 Å². The summed E-state index contributed by atoms with van der Waals surface area (Å²) in [6.45, 7) is 2.03. The fraction of sp³-hybridized carbons (Fsp3) is 0.364. The number of rotatable bonds is 4. The number of hydrogen-bond acceptors (Lipinski definition) is 2. The fourth-order valence-corrected chi connectivity index (χ4v) is 1.26. The predicted octanol–water partition coefficient (Wildman–Crippen LogP) is 1.75. The Balaban J connectivity index is 2.67. The molecule has 0 amide bonds. The Kier molecular flexibility index (Phi) is 3.65. The molecule has 1 aromatic rings. The van der Waals surface area contributed by atoms with Crippen LogP contribution in [-0.2, 0) is 16.0 Å². The predicted molar refractivity (Wildman–Crippen MR) is 51.7 cm³/mol. The van der Waals surface area contributed by atoms with Gasteiger partial charge in [-0.1, -0.05) is 29.8 Å². The van der Waals surface area contributed by atoms with Crippen LogP contribution in [0.15, 0.2) is 24.3 Å². The number of methoxy groups -OCH3 is 1. The molecule has 1 aromatic carbocycles. The van der Waals surface area contributed by atoms with E-state index >= 15 is 0 Å². The van der Waals surface area contributed by atoms with E-state index in [9.17, 15) is 4.79 Å². The molecule has 0 aliphatic carbocycles. The zero-order valence-corrected chi connectivity index (χ0v) is 7.99. The van der Waals surface area contributed by atoms with Crippen LogP contribution in [0, 0.1) is 6.92 Å². The average Bonchev–Trinajstić information content (AvgIpc) is 2.14. The molecule has 2 heteroatoms. The minimum absolute atomic E-state index is 0.318. The summed E-state index contributed by atoms with van der Waals surface area (Å²) in [5.41, 5.74) is 2.34. The van der Waals surface area contributed by atoms with Crippen molar-refractivity contribution in [1.82, 2.24) is 0 Å². The zero-order valence-electron chi connectivity index (χ0n) is 7.99. The molecule has 0 aromatic heterocycles. The number of benzene rings is 1. The van der Waals surface area contributed by atoms with Crippen molar-refractivity contribution < 1.29 is 9.53 Å². The average molecular weight is 178 g/mol. The van der Waals surface area contributed by atoms with Crippen LogP contribution < -0.4 is 0 Å². The summed E-state index contributed by atoms with van der Waals surface area (Å²) >= 11 is 0. The molecule has 2 nitrogen and oxygen atoms in total. The van der Waals surface area contributed by atoms with E-state index in [-0.39, 0.29) is 6.10 Å². The van der Waals surface area contributed by atoms with Crippen molar-refractivity contribution in [2.45, 2.75) is 19.4 Å². The molecular formula is C11H14O2. The Morgan fingerprint density at radius 1 is 1.54 bits per heavy atom. The zero-order chi connectivity index (χ0) is 9.68. The third-order valence-electron chi connectivity index (χ3n) is 1.97. The molecule has 0 bridgehead atoms.